The summed E-state index contributed by atoms with van der Waals surface area (Å²) < 4.78 is 2.00. The topological polar surface area (TPSA) is 43.3 Å². The maximum Gasteiger partial charge on any atom is 0.144 e. The van der Waals surface area contributed by atoms with Crippen LogP contribution in [0.15, 0.2) is 42.0 Å². The summed E-state index contributed by atoms with van der Waals surface area (Å²) in [7, 11) is 0. The fraction of sp³-hybridized carbons (Fsp3) is 0.235. The first kappa shape index (κ1) is 14.1. The minimum atomic E-state index is -0.543. The molecule has 2 heterocycles. The lowest BCUT2D eigenvalue weighted by atomic mass is 10.1. The summed E-state index contributed by atoms with van der Waals surface area (Å²) >= 11 is 6.50. The van der Waals surface area contributed by atoms with Gasteiger partial charge in [0.15, 0.2) is 0 Å². The van der Waals surface area contributed by atoms with Crippen LogP contribution in [0.5, 0.6) is 0 Å². The molecule has 1 atom stereocenters. The quantitative estimate of drug-likeness (QED) is 0.867. The molecule has 0 aliphatic carbocycles. The average molecular weight is 300 g/mol. The molecule has 21 heavy (non-hydrogen) atoms. The van der Waals surface area contributed by atoms with Crippen molar-refractivity contribution in [2.75, 3.05) is 6.54 Å². The first-order valence-electron chi connectivity index (χ1n) is 6.98. The number of hydrogen-bond donors (Lipinski definition) is 1. The lowest BCUT2D eigenvalue weighted by Crippen LogP contribution is -2.28. The van der Waals surface area contributed by atoms with E-state index in [4.69, 9.17) is 17.3 Å². The van der Waals surface area contributed by atoms with Gasteiger partial charge in [-0.25, -0.2) is 4.99 Å². The highest BCUT2D eigenvalue weighted by atomic mass is 35.5. The summed E-state index contributed by atoms with van der Waals surface area (Å²) in [5.41, 5.74) is 8.83. The SMILES string of the molecule is C=Cn1c2c(c3cc(CCN)ccc31)=CC(C)(Cl)C=CN=2. The number of nitrogens with two attached hydrogens (primary N) is 1. The Balaban J connectivity index is 2.45. The summed E-state index contributed by atoms with van der Waals surface area (Å²) in [6.45, 7) is 6.49. The van der Waals surface area contributed by atoms with E-state index in [2.05, 4.69) is 29.8 Å². The molecule has 0 fully saturated rings. The van der Waals surface area contributed by atoms with Crippen molar-refractivity contribution < 1.29 is 0 Å². The van der Waals surface area contributed by atoms with E-state index < -0.39 is 4.87 Å². The van der Waals surface area contributed by atoms with Gasteiger partial charge < -0.3 is 10.3 Å². The predicted molar refractivity (Wildman–Crippen MR) is 89.7 cm³/mol. The summed E-state index contributed by atoms with van der Waals surface area (Å²) in [5.74, 6) is 0. The van der Waals surface area contributed by atoms with Gasteiger partial charge in [0.05, 0.1) is 10.4 Å². The Labute approximate surface area is 128 Å². The van der Waals surface area contributed by atoms with Gasteiger partial charge >= 0.3 is 0 Å². The number of alkyl halides is 1. The molecule has 0 saturated carbocycles. The fourth-order valence-electron chi connectivity index (χ4n) is 2.74. The van der Waals surface area contributed by atoms with Gasteiger partial charge in [-0.15, -0.1) is 11.6 Å². The van der Waals surface area contributed by atoms with Crippen LogP contribution in [-0.2, 0) is 6.42 Å². The smallest absolute Gasteiger partial charge is 0.144 e. The van der Waals surface area contributed by atoms with Crippen molar-refractivity contribution >= 4 is 34.8 Å². The van der Waals surface area contributed by atoms with Gasteiger partial charge in [0.2, 0.25) is 0 Å². The van der Waals surface area contributed by atoms with Crippen LogP contribution in [-0.4, -0.2) is 16.0 Å². The van der Waals surface area contributed by atoms with Crippen LogP contribution in [0, 0.1) is 0 Å². The van der Waals surface area contributed by atoms with E-state index in [1.807, 2.05) is 23.6 Å². The molecule has 3 nitrogen and oxygen atoms in total. The van der Waals surface area contributed by atoms with Crippen LogP contribution in [0.4, 0.5) is 0 Å². The van der Waals surface area contributed by atoms with Gasteiger partial charge in [-0.2, -0.15) is 0 Å². The molecule has 0 radical (unpaired) electrons. The second-order valence-electron chi connectivity index (χ2n) is 5.42. The molecule has 1 unspecified atom stereocenters. The van der Waals surface area contributed by atoms with E-state index in [9.17, 15) is 0 Å². The molecule has 0 saturated heterocycles. The van der Waals surface area contributed by atoms with Gasteiger partial charge in [0.25, 0.3) is 0 Å². The first-order valence-corrected chi connectivity index (χ1v) is 7.36. The van der Waals surface area contributed by atoms with Gasteiger partial charge in [-0.3, -0.25) is 0 Å². The third kappa shape index (κ3) is 2.43. The minimum Gasteiger partial charge on any atom is -0.330 e. The Morgan fingerprint density at radius 3 is 3.00 bits per heavy atom. The lowest BCUT2D eigenvalue weighted by Gasteiger charge is -2.09. The number of hydrogen-bond acceptors (Lipinski definition) is 2. The largest absolute Gasteiger partial charge is 0.330 e. The summed E-state index contributed by atoms with van der Waals surface area (Å²) in [6, 6.07) is 6.37. The molecule has 1 aliphatic heterocycles. The Morgan fingerprint density at radius 2 is 2.29 bits per heavy atom. The molecule has 0 bridgehead atoms. The van der Waals surface area contributed by atoms with Crippen LogP contribution in [0.2, 0.25) is 0 Å². The molecular weight excluding hydrogens is 282 g/mol. The maximum atomic E-state index is 6.50. The van der Waals surface area contributed by atoms with Crippen molar-refractivity contribution in [2.45, 2.75) is 18.2 Å². The number of aromatic nitrogens is 1. The van der Waals surface area contributed by atoms with Crippen LogP contribution in [0.3, 0.4) is 0 Å². The zero-order chi connectivity index (χ0) is 15.0. The van der Waals surface area contributed by atoms with E-state index in [-0.39, 0.29) is 0 Å². The molecule has 2 N–H and O–H groups in total. The Morgan fingerprint density at radius 1 is 1.48 bits per heavy atom. The van der Waals surface area contributed by atoms with E-state index >= 15 is 0 Å². The second kappa shape index (κ2) is 5.17. The highest BCUT2D eigenvalue weighted by Gasteiger charge is 2.17. The average Bonchev–Trinajstić information content (AvgIpc) is 2.61. The fourth-order valence-corrected chi connectivity index (χ4v) is 2.90. The molecule has 3 rings (SSSR count). The molecule has 4 heteroatoms. The Bertz CT molecular complexity index is 856. The molecule has 1 aliphatic rings. The number of benzene rings is 1. The first-order chi connectivity index (χ1) is 10.1. The zero-order valence-electron chi connectivity index (χ0n) is 12.0. The lowest BCUT2D eigenvalue weighted by molar-refractivity contribution is 0.970. The highest BCUT2D eigenvalue weighted by molar-refractivity contribution is 6.28. The van der Waals surface area contributed by atoms with Crippen molar-refractivity contribution in [3.8, 4) is 0 Å². The number of nitrogens with zero attached hydrogens (tertiary/aromatic N) is 2. The third-order valence-electron chi connectivity index (χ3n) is 3.72. The molecule has 108 valence electrons. The van der Waals surface area contributed by atoms with E-state index in [0.717, 1.165) is 28.0 Å². The summed E-state index contributed by atoms with van der Waals surface area (Å²) in [6.07, 6.45) is 8.33. The third-order valence-corrected chi connectivity index (χ3v) is 3.95. The van der Waals surface area contributed by atoms with Gasteiger partial charge in [-0.05, 0) is 49.7 Å². The monoisotopic (exact) mass is 299 g/mol. The molecule has 2 aromatic rings. The van der Waals surface area contributed by atoms with Crippen LogP contribution < -0.4 is 16.4 Å². The normalized spacial score (nSPS) is 20.5. The van der Waals surface area contributed by atoms with Crippen molar-refractivity contribution in [1.29, 1.82) is 0 Å². The zero-order valence-corrected chi connectivity index (χ0v) is 12.8. The van der Waals surface area contributed by atoms with Crippen molar-refractivity contribution in [1.82, 2.24) is 4.57 Å². The van der Waals surface area contributed by atoms with Crippen LogP contribution >= 0.6 is 11.6 Å². The Kier molecular flexibility index (Phi) is 3.47. The molecule has 1 aromatic heterocycles. The molecule has 0 amide bonds. The predicted octanol–water partition coefficient (Wildman–Crippen LogP) is 2.17. The number of fused-ring (bicyclic) bond motifs is 3. The molecule has 0 spiro atoms. The number of allylic oxidation sites excluding steroid dienone is 1. The minimum absolute atomic E-state index is 0.543. The Hall–Kier alpha value is -1.84. The van der Waals surface area contributed by atoms with Gasteiger partial charge in [-0.1, -0.05) is 12.6 Å². The van der Waals surface area contributed by atoms with Gasteiger partial charge in [0.1, 0.15) is 5.49 Å². The molecule has 1 aromatic carbocycles. The molecular formula is C17H18ClN3. The maximum absolute atomic E-state index is 6.50. The highest BCUT2D eigenvalue weighted by Crippen LogP contribution is 2.20. The van der Waals surface area contributed by atoms with E-state index in [0.29, 0.717) is 6.54 Å². The summed E-state index contributed by atoms with van der Waals surface area (Å²) in [4.78, 5) is 3.99. The van der Waals surface area contributed by atoms with Crippen LogP contribution in [0.1, 0.15) is 12.5 Å². The summed E-state index contributed by atoms with van der Waals surface area (Å²) in [5, 5.41) is 2.18. The van der Waals surface area contributed by atoms with Crippen molar-refractivity contribution in [3.63, 3.8) is 0 Å². The van der Waals surface area contributed by atoms with E-state index in [1.54, 1.807) is 12.4 Å². The van der Waals surface area contributed by atoms with Crippen molar-refractivity contribution in [2.24, 2.45) is 10.7 Å². The standard InChI is InChI=1S/C17H18ClN3/c1-3-21-15-5-4-12(6-8-19)10-13(15)14-11-17(2,18)7-9-20-16(14)21/h3-5,7,9-11H,1,6,8,19H2,2H3. The second-order valence-corrected chi connectivity index (χ2v) is 6.23. The number of rotatable bonds is 3. The van der Waals surface area contributed by atoms with Crippen molar-refractivity contribution in [3.05, 3.63) is 53.3 Å². The van der Waals surface area contributed by atoms with Gasteiger partial charge in [0, 0.05) is 23.0 Å². The number of halogens is 1. The van der Waals surface area contributed by atoms with Crippen LogP contribution in [0.25, 0.3) is 23.2 Å². The van der Waals surface area contributed by atoms with E-state index in [1.165, 1.54) is 5.56 Å².